The summed E-state index contributed by atoms with van der Waals surface area (Å²) in [4.78, 5) is -0.00828. The number of halogens is 1. The Bertz CT molecular complexity index is 773. The highest BCUT2D eigenvalue weighted by Gasteiger charge is 2.33. The number of aryl methyl sites for hydroxylation is 1. The molecule has 1 aliphatic rings. The minimum absolute atomic E-state index is 0.00828. The molecule has 21 heavy (non-hydrogen) atoms. The van der Waals surface area contributed by atoms with Crippen molar-refractivity contribution in [2.75, 3.05) is 4.31 Å². The molecule has 0 unspecified atom stereocenters. The SMILES string of the molecule is C[C@@H]1CCc2ccccc2N1S(=O)(=O)c1cccc(F)c1. The lowest BCUT2D eigenvalue weighted by Crippen LogP contribution is -2.42. The molecule has 1 aliphatic heterocycles. The van der Waals surface area contributed by atoms with E-state index in [-0.39, 0.29) is 10.9 Å². The number of benzene rings is 2. The highest BCUT2D eigenvalue weighted by atomic mass is 32.2. The number of sulfonamides is 1. The maximum absolute atomic E-state index is 13.4. The first-order valence-electron chi connectivity index (χ1n) is 6.88. The molecule has 0 fully saturated rings. The summed E-state index contributed by atoms with van der Waals surface area (Å²) < 4.78 is 40.5. The molecular weight excluding hydrogens is 289 g/mol. The van der Waals surface area contributed by atoms with E-state index in [0.717, 1.165) is 24.5 Å². The minimum atomic E-state index is -3.75. The fraction of sp³-hybridized carbons (Fsp3) is 0.250. The summed E-state index contributed by atoms with van der Waals surface area (Å²) in [5, 5.41) is 0. The van der Waals surface area contributed by atoms with Crippen LogP contribution in [0.3, 0.4) is 0 Å². The number of hydrogen-bond acceptors (Lipinski definition) is 2. The van der Waals surface area contributed by atoms with E-state index >= 15 is 0 Å². The fourth-order valence-corrected chi connectivity index (χ4v) is 4.52. The lowest BCUT2D eigenvalue weighted by molar-refractivity contribution is 0.561. The molecule has 0 aromatic heterocycles. The predicted molar refractivity (Wildman–Crippen MR) is 80.3 cm³/mol. The van der Waals surface area contributed by atoms with Gasteiger partial charge in [-0.3, -0.25) is 4.31 Å². The number of hydrogen-bond donors (Lipinski definition) is 0. The molecule has 0 bridgehead atoms. The Morgan fingerprint density at radius 1 is 1.14 bits per heavy atom. The molecule has 0 amide bonds. The second-order valence-electron chi connectivity index (χ2n) is 5.27. The summed E-state index contributed by atoms with van der Waals surface area (Å²) in [6.45, 7) is 1.88. The van der Waals surface area contributed by atoms with Gasteiger partial charge in [0.1, 0.15) is 5.82 Å². The van der Waals surface area contributed by atoms with E-state index in [1.807, 2.05) is 31.2 Å². The highest BCUT2D eigenvalue weighted by molar-refractivity contribution is 7.92. The van der Waals surface area contributed by atoms with Crippen LogP contribution < -0.4 is 4.31 Å². The van der Waals surface area contributed by atoms with Crippen LogP contribution in [0.1, 0.15) is 18.9 Å². The summed E-state index contributed by atoms with van der Waals surface area (Å²) in [5.74, 6) is -0.547. The molecule has 0 saturated heterocycles. The molecule has 0 spiro atoms. The average molecular weight is 305 g/mol. The normalized spacial score (nSPS) is 18.4. The van der Waals surface area contributed by atoms with Crippen molar-refractivity contribution in [2.45, 2.75) is 30.7 Å². The van der Waals surface area contributed by atoms with Crippen LogP contribution in [0.15, 0.2) is 53.4 Å². The van der Waals surface area contributed by atoms with Gasteiger partial charge in [-0.05, 0) is 49.6 Å². The van der Waals surface area contributed by atoms with Gasteiger partial charge in [-0.1, -0.05) is 24.3 Å². The molecule has 0 aliphatic carbocycles. The van der Waals surface area contributed by atoms with Gasteiger partial charge in [0.05, 0.1) is 10.6 Å². The van der Waals surface area contributed by atoms with E-state index in [1.54, 1.807) is 0 Å². The van der Waals surface area contributed by atoms with Crippen molar-refractivity contribution >= 4 is 15.7 Å². The second kappa shape index (κ2) is 5.15. The number of anilines is 1. The zero-order valence-corrected chi connectivity index (χ0v) is 12.5. The van der Waals surface area contributed by atoms with E-state index in [9.17, 15) is 12.8 Å². The number of nitrogens with zero attached hydrogens (tertiary/aromatic N) is 1. The van der Waals surface area contributed by atoms with Crippen molar-refractivity contribution in [3.8, 4) is 0 Å². The Balaban J connectivity index is 2.15. The molecule has 3 nitrogen and oxygen atoms in total. The third-order valence-corrected chi connectivity index (χ3v) is 5.74. The quantitative estimate of drug-likeness (QED) is 0.853. The topological polar surface area (TPSA) is 37.4 Å². The molecular formula is C16H16FNO2S. The van der Waals surface area contributed by atoms with E-state index in [1.165, 1.54) is 22.5 Å². The Morgan fingerprint density at radius 3 is 2.67 bits per heavy atom. The largest absolute Gasteiger partial charge is 0.264 e. The van der Waals surface area contributed by atoms with Gasteiger partial charge in [0.25, 0.3) is 10.0 Å². The van der Waals surface area contributed by atoms with Crippen LogP contribution in [0, 0.1) is 5.82 Å². The van der Waals surface area contributed by atoms with Crippen molar-refractivity contribution in [3.63, 3.8) is 0 Å². The average Bonchev–Trinajstić information content (AvgIpc) is 2.46. The van der Waals surface area contributed by atoms with Crippen LogP contribution in [0.2, 0.25) is 0 Å². The van der Waals surface area contributed by atoms with Crippen LogP contribution in [-0.2, 0) is 16.4 Å². The van der Waals surface area contributed by atoms with Crippen LogP contribution in [0.5, 0.6) is 0 Å². The van der Waals surface area contributed by atoms with E-state index in [4.69, 9.17) is 0 Å². The lowest BCUT2D eigenvalue weighted by atomic mass is 9.99. The zero-order chi connectivity index (χ0) is 15.0. The van der Waals surface area contributed by atoms with Crippen molar-refractivity contribution in [1.82, 2.24) is 0 Å². The number of para-hydroxylation sites is 1. The molecule has 2 aromatic carbocycles. The Labute approximate surface area is 124 Å². The van der Waals surface area contributed by atoms with E-state index in [0.29, 0.717) is 5.69 Å². The monoisotopic (exact) mass is 305 g/mol. The van der Waals surface area contributed by atoms with Crippen LogP contribution in [0.4, 0.5) is 10.1 Å². The molecule has 0 radical (unpaired) electrons. The first-order valence-corrected chi connectivity index (χ1v) is 8.32. The van der Waals surface area contributed by atoms with Gasteiger partial charge in [-0.25, -0.2) is 12.8 Å². The molecule has 5 heteroatoms. The molecule has 0 saturated carbocycles. The van der Waals surface area contributed by atoms with Gasteiger partial charge >= 0.3 is 0 Å². The summed E-state index contributed by atoms with van der Waals surface area (Å²) in [6, 6.07) is 12.5. The second-order valence-corrected chi connectivity index (χ2v) is 7.09. The van der Waals surface area contributed by atoms with Gasteiger partial charge in [0.15, 0.2) is 0 Å². The molecule has 3 rings (SSSR count). The van der Waals surface area contributed by atoms with Gasteiger partial charge < -0.3 is 0 Å². The number of fused-ring (bicyclic) bond motifs is 1. The Hall–Kier alpha value is -1.88. The van der Waals surface area contributed by atoms with Gasteiger partial charge in [-0.15, -0.1) is 0 Å². The van der Waals surface area contributed by atoms with Crippen LogP contribution >= 0.6 is 0 Å². The smallest absolute Gasteiger partial charge is 0.263 e. The van der Waals surface area contributed by atoms with Crippen LogP contribution in [-0.4, -0.2) is 14.5 Å². The first-order chi connectivity index (χ1) is 10.00. The maximum atomic E-state index is 13.4. The third kappa shape index (κ3) is 2.42. The molecule has 0 N–H and O–H groups in total. The summed E-state index contributed by atoms with van der Waals surface area (Å²) in [5.41, 5.74) is 1.70. The predicted octanol–water partition coefficient (Wildman–Crippen LogP) is 3.36. The van der Waals surface area contributed by atoms with Crippen molar-refractivity contribution < 1.29 is 12.8 Å². The zero-order valence-electron chi connectivity index (χ0n) is 11.7. The maximum Gasteiger partial charge on any atom is 0.264 e. The van der Waals surface area contributed by atoms with E-state index in [2.05, 4.69) is 0 Å². The Morgan fingerprint density at radius 2 is 1.90 bits per heavy atom. The molecule has 1 atom stereocenters. The van der Waals surface area contributed by atoms with Gasteiger partial charge in [-0.2, -0.15) is 0 Å². The summed E-state index contributed by atoms with van der Waals surface area (Å²) in [7, 11) is -3.75. The lowest BCUT2D eigenvalue weighted by Gasteiger charge is -2.35. The Kier molecular flexibility index (Phi) is 3.45. The van der Waals surface area contributed by atoms with Gasteiger partial charge in [0, 0.05) is 6.04 Å². The van der Waals surface area contributed by atoms with E-state index < -0.39 is 15.8 Å². The third-order valence-electron chi connectivity index (χ3n) is 3.81. The standard InChI is InChI=1S/C16H16FNO2S/c1-12-9-10-13-5-2-3-8-16(13)18(12)21(19,20)15-7-4-6-14(17)11-15/h2-8,11-12H,9-10H2,1H3/t12-/m1/s1. The molecule has 1 heterocycles. The van der Waals surface area contributed by atoms with Crippen molar-refractivity contribution in [2.24, 2.45) is 0 Å². The summed E-state index contributed by atoms with van der Waals surface area (Å²) >= 11 is 0. The molecule has 110 valence electrons. The molecule has 2 aromatic rings. The van der Waals surface area contributed by atoms with Gasteiger partial charge in [0.2, 0.25) is 0 Å². The fourth-order valence-electron chi connectivity index (χ4n) is 2.76. The van der Waals surface area contributed by atoms with Crippen LogP contribution in [0.25, 0.3) is 0 Å². The highest BCUT2D eigenvalue weighted by Crippen LogP contribution is 2.35. The minimum Gasteiger partial charge on any atom is -0.263 e. The first kappa shape index (κ1) is 14.1. The van der Waals surface area contributed by atoms with Crippen molar-refractivity contribution in [3.05, 3.63) is 59.9 Å². The number of rotatable bonds is 2. The van der Waals surface area contributed by atoms with Crippen molar-refractivity contribution in [1.29, 1.82) is 0 Å². The summed E-state index contributed by atoms with van der Waals surface area (Å²) in [6.07, 6.45) is 1.61.